The lowest BCUT2D eigenvalue weighted by atomic mass is 9.68. The lowest BCUT2D eigenvalue weighted by Gasteiger charge is -2.46. The molecule has 1 aliphatic carbocycles. The van der Waals surface area contributed by atoms with Crippen LogP contribution in [0.15, 0.2) is 48.5 Å². The summed E-state index contributed by atoms with van der Waals surface area (Å²) in [6.07, 6.45) is 2.97. The maximum Gasteiger partial charge on any atom is 0.0832 e. The number of halogens is 3. The van der Waals surface area contributed by atoms with Gasteiger partial charge in [-0.3, -0.25) is 0 Å². The van der Waals surface area contributed by atoms with E-state index in [2.05, 4.69) is 74.8 Å². The van der Waals surface area contributed by atoms with Crippen LogP contribution in [0.4, 0.5) is 0 Å². The molecule has 1 heterocycles. The first-order valence-electron chi connectivity index (χ1n) is 10.3. The maximum absolute atomic E-state index is 11.2. The molecule has 1 saturated heterocycles. The first-order valence-corrected chi connectivity index (χ1v) is 11.3. The molecular weight excluding hydrogens is 443 g/mol. The van der Waals surface area contributed by atoms with E-state index in [0.29, 0.717) is 0 Å². The lowest BCUT2D eigenvalue weighted by Crippen LogP contribution is -2.51. The molecule has 2 fully saturated rings. The Hall–Kier alpha value is -0.850. The Morgan fingerprint density at radius 3 is 2.17 bits per heavy atom. The second-order valence-corrected chi connectivity index (χ2v) is 9.21. The predicted octanol–water partition coefficient (Wildman–Crippen LogP) is 5.56. The fourth-order valence-corrected chi connectivity index (χ4v) is 4.53. The van der Waals surface area contributed by atoms with E-state index in [4.69, 9.17) is 11.6 Å². The average Bonchev–Trinajstić information content (AvgIpc) is 2.72. The third-order valence-electron chi connectivity index (χ3n) is 6.38. The first-order chi connectivity index (χ1) is 14.4. The van der Waals surface area contributed by atoms with Gasteiger partial charge in [-0.2, -0.15) is 3.84 Å². The van der Waals surface area contributed by atoms with Crippen molar-refractivity contribution in [3.8, 4) is 11.1 Å². The second-order valence-electron chi connectivity index (χ2n) is 8.30. The number of hydrogen-bond donors (Lipinski definition) is 1. The van der Waals surface area contributed by atoms with Gasteiger partial charge in [-0.25, -0.2) is 0 Å². The molecule has 4 nitrogen and oxygen atoms in total. The quantitative estimate of drug-likeness (QED) is 0.619. The summed E-state index contributed by atoms with van der Waals surface area (Å²) >= 11 is 14.7. The van der Waals surface area contributed by atoms with Gasteiger partial charge in [-0.15, -0.1) is 0 Å². The molecule has 1 N–H and O–H groups in total. The van der Waals surface area contributed by atoms with Crippen LogP contribution in [0.5, 0.6) is 0 Å². The van der Waals surface area contributed by atoms with Crippen molar-refractivity contribution in [2.24, 2.45) is 0 Å². The smallest absolute Gasteiger partial charge is 0.0832 e. The Bertz CT molecular complexity index is 791. The van der Waals surface area contributed by atoms with Crippen LogP contribution in [0.25, 0.3) is 11.1 Å². The highest BCUT2D eigenvalue weighted by Gasteiger charge is 2.43. The molecule has 1 atom stereocenters. The largest absolute Gasteiger partial charge is 0.389 e. The monoisotopic (exact) mass is 470 g/mol. The summed E-state index contributed by atoms with van der Waals surface area (Å²) in [6.45, 7) is 5.34. The van der Waals surface area contributed by atoms with E-state index >= 15 is 0 Å². The van der Waals surface area contributed by atoms with Gasteiger partial charge in [0.05, 0.1) is 29.3 Å². The number of aliphatic hydroxyl groups is 1. The molecule has 7 heteroatoms. The van der Waals surface area contributed by atoms with Crippen molar-refractivity contribution in [2.45, 2.75) is 30.8 Å². The van der Waals surface area contributed by atoms with Crippen molar-refractivity contribution < 1.29 is 8.95 Å². The van der Waals surface area contributed by atoms with E-state index in [1.807, 2.05) is 18.2 Å². The van der Waals surface area contributed by atoms with Crippen molar-refractivity contribution in [1.29, 1.82) is 0 Å². The number of rotatable bonds is 5. The van der Waals surface area contributed by atoms with Crippen LogP contribution in [0, 0.1) is 0 Å². The number of benzene rings is 2. The van der Waals surface area contributed by atoms with Crippen molar-refractivity contribution in [1.82, 2.24) is 9.80 Å². The van der Waals surface area contributed by atoms with E-state index in [1.165, 1.54) is 11.1 Å². The summed E-state index contributed by atoms with van der Waals surface area (Å²) in [4.78, 5) is 4.90. The Morgan fingerprint density at radius 1 is 1.00 bits per heavy atom. The normalized spacial score (nSPS) is 20.0. The third kappa shape index (κ3) is 6.10. The number of hydrogen-bond acceptors (Lipinski definition) is 4. The molecule has 0 spiro atoms. The zero-order valence-electron chi connectivity index (χ0n) is 17.2. The summed E-state index contributed by atoms with van der Waals surface area (Å²) in [7, 11) is 2.18. The highest BCUT2D eigenvalue weighted by molar-refractivity contribution is 6.30. The van der Waals surface area contributed by atoms with Crippen LogP contribution in [0.2, 0.25) is 5.02 Å². The highest BCUT2D eigenvalue weighted by Crippen LogP contribution is 2.44. The topological polar surface area (TPSA) is 35.9 Å². The molecule has 2 aliphatic rings. The number of nitrogens with zero attached hydrogens (tertiary/aromatic N) is 2. The molecule has 4 rings (SSSR count). The van der Waals surface area contributed by atoms with E-state index in [9.17, 15) is 5.11 Å². The van der Waals surface area contributed by atoms with Crippen molar-refractivity contribution in [2.75, 3.05) is 39.8 Å². The van der Waals surface area contributed by atoms with Gasteiger partial charge in [0.1, 0.15) is 0 Å². The first kappa shape index (κ1) is 23.8. The molecule has 1 aliphatic heterocycles. The molecule has 0 radical (unpaired) electrons. The molecule has 0 bridgehead atoms. The summed E-state index contributed by atoms with van der Waals surface area (Å²) in [6, 6.07) is 16.7. The van der Waals surface area contributed by atoms with E-state index in [1.54, 1.807) is 0 Å². The molecular formula is C23H29Cl3N2O2. The third-order valence-corrected chi connectivity index (χ3v) is 6.61. The molecule has 2 aromatic rings. The van der Waals surface area contributed by atoms with Crippen LogP contribution in [0.1, 0.15) is 30.7 Å². The van der Waals surface area contributed by atoms with Gasteiger partial charge in [0.15, 0.2) is 0 Å². The van der Waals surface area contributed by atoms with Gasteiger partial charge in [0, 0.05) is 43.7 Å². The standard InChI is InChI=1S/C23H29ClN2O.Cl2O/c1-25-12-14-26(15-13-25)17-22(23(27)10-3-11-23)19-8-6-18(7-9-19)20-4-2-5-21(24)16-20;1-3-2/h2,4-9,16,22,27H,3,10-15,17H2,1H3;. The molecule has 2 aromatic carbocycles. The average molecular weight is 472 g/mol. The van der Waals surface area contributed by atoms with Crippen molar-refractivity contribution >= 4 is 35.3 Å². The van der Waals surface area contributed by atoms with Crippen LogP contribution in [0.3, 0.4) is 0 Å². The Labute approximate surface area is 194 Å². The van der Waals surface area contributed by atoms with E-state index < -0.39 is 5.60 Å². The van der Waals surface area contributed by atoms with Crippen LogP contribution in [-0.4, -0.2) is 60.3 Å². The Morgan fingerprint density at radius 2 is 1.63 bits per heavy atom. The molecule has 30 heavy (non-hydrogen) atoms. The zero-order chi connectivity index (χ0) is 21.6. The second kappa shape index (κ2) is 11.1. The lowest BCUT2D eigenvalue weighted by molar-refractivity contribution is -0.0665. The van der Waals surface area contributed by atoms with Gasteiger partial charge in [-0.05, 0) is 55.1 Å². The molecule has 164 valence electrons. The van der Waals surface area contributed by atoms with Crippen LogP contribution >= 0.6 is 35.3 Å². The minimum atomic E-state index is -0.541. The molecule has 1 unspecified atom stereocenters. The Balaban J connectivity index is 0.000000806. The summed E-state index contributed by atoms with van der Waals surface area (Å²) in [5.41, 5.74) is 3.01. The van der Waals surface area contributed by atoms with Gasteiger partial charge in [0.25, 0.3) is 0 Å². The fraction of sp³-hybridized carbons (Fsp3) is 0.478. The van der Waals surface area contributed by atoms with Gasteiger partial charge in [-0.1, -0.05) is 48.0 Å². The summed E-state index contributed by atoms with van der Waals surface area (Å²) < 4.78 is 3.19. The van der Waals surface area contributed by atoms with Crippen LogP contribution in [-0.2, 0) is 3.84 Å². The summed E-state index contributed by atoms with van der Waals surface area (Å²) in [5.74, 6) is 0.183. The number of piperazine rings is 1. The molecule has 0 amide bonds. The van der Waals surface area contributed by atoms with E-state index in [0.717, 1.165) is 62.6 Å². The molecule has 0 aromatic heterocycles. The van der Waals surface area contributed by atoms with Crippen molar-refractivity contribution in [3.63, 3.8) is 0 Å². The number of likely N-dealkylation sites (N-methyl/N-ethyl adjacent to an activating group) is 1. The SMILES string of the molecule is CN1CCN(CC(c2ccc(-c3cccc(Cl)c3)cc2)C2(O)CCC2)CC1.ClOCl. The minimum Gasteiger partial charge on any atom is -0.389 e. The van der Waals surface area contributed by atoms with Gasteiger partial charge < -0.3 is 14.9 Å². The maximum atomic E-state index is 11.2. The summed E-state index contributed by atoms with van der Waals surface area (Å²) in [5, 5.41) is 11.9. The molecule has 1 saturated carbocycles. The zero-order valence-corrected chi connectivity index (χ0v) is 19.5. The van der Waals surface area contributed by atoms with Gasteiger partial charge in [0.2, 0.25) is 0 Å². The van der Waals surface area contributed by atoms with Crippen molar-refractivity contribution in [3.05, 3.63) is 59.1 Å². The van der Waals surface area contributed by atoms with Gasteiger partial charge >= 0.3 is 0 Å². The van der Waals surface area contributed by atoms with E-state index in [-0.39, 0.29) is 5.92 Å². The predicted molar refractivity (Wildman–Crippen MR) is 125 cm³/mol. The minimum absolute atomic E-state index is 0.183. The van der Waals surface area contributed by atoms with Crippen LogP contribution < -0.4 is 0 Å². The highest BCUT2D eigenvalue weighted by atomic mass is 35.6. The fourth-order valence-electron chi connectivity index (χ4n) is 4.34. The Kier molecular flexibility index (Phi) is 8.84.